The normalized spacial score (nSPS) is 16.9. The molecular formula is C17H22BrNO3. The molecule has 4 nitrogen and oxygen atoms in total. The van der Waals surface area contributed by atoms with Crippen LogP contribution in [0, 0.1) is 11.8 Å². The molecule has 2 unspecified atom stereocenters. The van der Waals surface area contributed by atoms with Crippen molar-refractivity contribution in [2.24, 2.45) is 11.8 Å². The number of rotatable bonds is 5. The van der Waals surface area contributed by atoms with Crippen LogP contribution in [0.15, 0.2) is 24.3 Å². The first-order valence-electron chi connectivity index (χ1n) is 7.56. The molecule has 1 aromatic carbocycles. The number of nitrogens with zero attached hydrogens (tertiary/aromatic N) is 1. The van der Waals surface area contributed by atoms with Crippen molar-refractivity contribution in [3.05, 3.63) is 35.4 Å². The van der Waals surface area contributed by atoms with Crippen molar-refractivity contribution in [1.29, 1.82) is 0 Å². The maximum absolute atomic E-state index is 12.6. The fraction of sp³-hybridized carbons (Fsp3) is 0.529. The van der Waals surface area contributed by atoms with Gasteiger partial charge in [-0.25, -0.2) is 4.79 Å². The minimum Gasteiger partial charge on any atom is -0.449 e. The number of hydrogen-bond donors (Lipinski definition) is 0. The highest BCUT2D eigenvalue weighted by molar-refractivity contribution is 9.09. The minimum absolute atomic E-state index is 0.0161. The van der Waals surface area contributed by atoms with E-state index in [4.69, 9.17) is 4.74 Å². The van der Waals surface area contributed by atoms with E-state index in [2.05, 4.69) is 15.9 Å². The van der Waals surface area contributed by atoms with Crippen LogP contribution in [0.3, 0.4) is 0 Å². The summed E-state index contributed by atoms with van der Waals surface area (Å²) >= 11 is 3.37. The SMILES string of the molecule is CC(C)C(Br)OC(=O)C(C(C)C)N1Cc2ccccc2C1=O. The monoisotopic (exact) mass is 367 g/mol. The summed E-state index contributed by atoms with van der Waals surface area (Å²) in [6, 6.07) is 6.92. The Kier molecular flexibility index (Phi) is 5.27. The van der Waals surface area contributed by atoms with Crippen LogP contribution < -0.4 is 0 Å². The average molecular weight is 368 g/mol. The summed E-state index contributed by atoms with van der Waals surface area (Å²) in [6.07, 6.45) is 0. The number of esters is 1. The van der Waals surface area contributed by atoms with E-state index < -0.39 is 6.04 Å². The number of carbonyl (C=O) groups excluding carboxylic acids is 2. The number of fused-ring (bicyclic) bond motifs is 1. The van der Waals surface area contributed by atoms with Gasteiger partial charge in [0.2, 0.25) is 0 Å². The van der Waals surface area contributed by atoms with E-state index >= 15 is 0 Å². The molecule has 0 aromatic heterocycles. The van der Waals surface area contributed by atoms with Crippen molar-refractivity contribution in [2.45, 2.75) is 45.3 Å². The van der Waals surface area contributed by atoms with Crippen molar-refractivity contribution in [3.63, 3.8) is 0 Å². The number of ether oxygens (including phenoxy) is 1. The predicted octanol–water partition coefficient (Wildman–Crippen LogP) is 3.59. The smallest absolute Gasteiger partial charge is 0.330 e. The molecule has 0 bridgehead atoms. The maximum Gasteiger partial charge on any atom is 0.330 e. The zero-order chi connectivity index (χ0) is 16.4. The number of benzene rings is 1. The fourth-order valence-corrected chi connectivity index (χ4v) is 2.76. The second-order valence-corrected chi connectivity index (χ2v) is 7.21. The Morgan fingerprint density at radius 3 is 2.36 bits per heavy atom. The number of carbonyl (C=O) groups is 2. The van der Waals surface area contributed by atoms with E-state index in [1.807, 2.05) is 52.0 Å². The predicted molar refractivity (Wildman–Crippen MR) is 88.6 cm³/mol. The van der Waals surface area contributed by atoms with Crippen LogP contribution in [-0.4, -0.2) is 27.8 Å². The zero-order valence-corrected chi connectivity index (χ0v) is 15.0. The minimum atomic E-state index is -0.571. The molecule has 1 aliphatic heterocycles. The summed E-state index contributed by atoms with van der Waals surface area (Å²) in [5, 5.41) is -0.346. The molecule has 0 aliphatic carbocycles. The number of amides is 1. The lowest BCUT2D eigenvalue weighted by Gasteiger charge is -2.30. The van der Waals surface area contributed by atoms with Crippen LogP contribution in [0.25, 0.3) is 0 Å². The molecule has 5 heteroatoms. The van der Waals surface area contributed by atoms with Gasteiger partial charge in [0.05, 0.1) is 0 Å². The molecule has 120 valence electrons. The molecule has 0 fully saturated rings. The quantitative estimate of drug-likeness (QED) is 0.590. The van der Waals surface area contributed by atoms with Crippen LogP contribution in [0.4, 0.5) is 0 Å². The van der Waals surface area contributed by atoms with Crippen molar-refractivity contribution in [1.82, 2.24) is 4.90 Å². The van der Waals surface area contributed by atoms with E-state index in [-0.39, 0.29) is 28.7 Å². The van der Waals surface area contributed by atoms with Gasteiger partial charge in [-0.3, -0.25) is 4.79 Å². The molecule has 0 N–H and O–H groups in total. The first-order valence-corrected chi connectivity index (χ1v) is 8.48. The van der Waals surface area contributed by atoms with Crippen molar-refractivity contribution in [2.75, 3.05) is 0 Å². The van der Waals surface area contributed by atoms with Gasteiger partial charge in [-0.05, 0) is 33.5 Å². The molecule has 0 saturated carbocycles. The van der Waals surface area contributed by atoms with Gasteiger partial charge < -0.3 is 9.64 Å². The lowest BCUT2D eigenvalue weighted by Crippen LogP contribution is -2.46. The molecule has 1 heterocycles. The summed E-state index contributed by atoms with van der Waals surface area (Å²) in [6.45, 7) is 8.26. The standard InChI is InChI=1S/C17H22BrNO3/c1-10(2)14(17(21)22-15(18)11(3)4)19-9-12-7-5-6-8-13(12)16(19)20/h5-8,10-11,14-15H,9H2,1-4H3. The number of halogens is 1. The summed E-state index contributed by atoms with van der Waals surface area (Å²) in [5.41, 5.74) is 1.64. The summed E-state index contributed by atoms with van der Waals surface area (Å²) in [4.78, 5) is 26.7. The highest BCUT2D eigenvalue weighted by Crippen LogP contribution is 2.28. The summed E-state index contributed by atoms with van der Waals surface area (Å²) < 4.78 is 5.48. The zero-order valence-electron chi connectivity index (χ0n) is 13.4. The summed E-state index contributed by atoms with van der Waals surface area (Å²) in [5.74, 6) is -0.297. The van der Waals surface area contributed by atoms with E-state index in [0.29, 0.717) is 12.1 Å². The van der Waals surface area contributed by atoms with Crippen LogP contribution in [0.1, 0.15) is 43.6 Å². The molecule has 2 rings (SSSR count). The van der Waals surface area contributed by atoms with E-state index in [0.717, 1.165) is 5.56 Å². The lowest BCUT2D eigenvalue weighted by atomic mass is 10.0. The van der Waals surface area contributed by atoms with Gasteiger partial charge in [0.1, 0.15) is 6.04 Å². The second-order valence-electron chi connectivity index (χ2n) is 6.31. The van der Waals surface area contributed by atoms with Crippen molar-refractivity contribution in [3.8, 4) is 0 Å². The summed E-state index contributed by atoms with van der Waals surface area (Å²) in [7, 11) is 0. The van der Waals surface area contributed by atoms with Crippen molar-refractivity contribution < 1.29 is 14.3 Å². The van der Waals surface area contributed by atoms with E-state index in [1.165, 1.54) is 0 Å². The Balaban J connectivity index is 2.20. The molecule has 1 aliphatic rings. The molecule has 2 atom stereocenters. The van der Waals surface area contributed by atoms with Gasteiger partial charge in [-0.1, -0.05) is 45.9 Å². The van der Waals surface area contributed by atoms with Gasteiger partial charge in [0.15, 0.2) is 5.01 Å². The number of alkyl halides is 1. The Morgan fingerprint density at radius 1 is 1.18 bits per heavy atom. The Labute approximate surface area is 140 Å². The fourth-order valence-electron chi connectivity index (χ4n) is 2.58. The molecule has 0 radical (unpaired) electrons. The maximum atomic E-state index is 12.6. The third-order valence-electron chi connectivity index (χ3n) is 3.81. The molecule has 1 aromatic rings. The van der Waals surface area contributed by atoms with E-state index in [9.17, 15) is 9.59 Å². The van der Waals surface area contributed by atoms with E-state index in [1.54, 1.807) is 4.90 Å². The van der Waals surface area contributed by atoms with Crippen LogP contribution in [0.5, 0.6) is 0 Å². The third kappa shape index (κ3) is 3.35. The molecule has 1 amide bonds. The average Bonchev–Trinajstić information content (AvgIpc) is 2.76. The van der Waals surface area contributed by atoms with Crippen LogP contribution >= 0.6 is 15.9 Å². The Bertz CT molecular complexity index is 571. The highest BCUT2D eigenvalue weighted by atomic mass is 79.9. The van der Waals surface area contributed by atoms with Crippen molar-refractivity contribution >= 4 is 27.8 Å². The third-order valence-corrected chi connectivity index (χ3v) is 5.06. The highest BCUT2D eigenvalue weighted by Gasteiger charge is 2.39. The van der Waals surface area contributed by atoms with Gasteiger partial charge in [-0.2, -0.15) is 0 Å². The number of hydrogen-bond acceptors (Lipinski definition) is 3. The van der Waals surface area contributed by atoms with Gasteiger partial charge in [0.25, 0.3) is 5.91 Å². The van der Waals surface area contributed by atoms with Crippen LogP contribution in [-0.2, 0) is 16.1 Å². The lowest BCUT2D eigenvalue weighted by molar-refractivity contribution is -0.153. The first-order chi connectivity index (χ1) is 10.3. The largest absolute Gasteiger partial charge is 0.449 e. The Hall–Kier alpha value is -1.36. The molecule has 0 saturated heterocycles. The van der Waals surface area contributed by atoms with Crippen LogP contribution in [0.2, 0.25) is 0 Å². The second kappa shape index (κ2) is 6.82. The van der Waals surface area contributed by atoms with Gasteiger partial charge in [0, 0.05) is 18.0 Å². The van der Waals surface area contributed by atoms with Gasteiger partial charge >= 0.3 is 5.97 Å². The molecule has 22 heavy (non-hydrogen) atoms. The van der Waals surface area contributed by atoms with Gasteiger partial charge in [-0.15, -0.1) is 0 Å². The topological polar surface area (TPSA) is 46.6 Å². The molecule has 0 spiro atoms. The molecular weight excluding hydrogens is 346 g/mol. The first kappa shape index (κ1) is 17.0. The Morgan fingerprint density at radius 2 is 1.82 bits per heavy atom.